The molecular weight excluding hydrogens is 442 g/mol. The molecule has 3 N–H and O–H groups in total. The Morgan fingerprint density at radius 2 is 1.94 bits per heavy atom. The van der Waals surface area contributed by atoms with Gasteiger partial charge in [-0.2, -0.15) is 0 Å². The Labute approximate surface area is 186 Å². The number of imide groups is 1. The van der Waals surface area contributed by atoms with Crippen molar-refractivity contribution in [2.75, 3.05) is 18.9 Å². The van der Waals surface area contributed by atoms with Crippen molar-refractivity contribution in [3.63, 3.8) is 0 Å². The molecule has 0 fully saturated rings. The number of nitrogens with one attached hydrogen (secondary N) is 3. The topological polar surface area (TPSA) is 118 Å². The van der Waals surface area contributed by atoms with Crippen molar-refractivity contribution in [3.8, 4) is 22.9 Å². The summed E-state index contributed by atoms with van der Waals surface area (Å²) in [5.74, 6) is 1.38. The molecule has 0 radical (unpaired) electrons. The van der Waals surface area contributed by atoms with Crippen LogP contribution in [0.15, 0.2) is 53.7 Å². The number of halogens is 1. The molecule has 1 aliphatic rings. The number of carbonyl (C=O) groups is 2. The van der Waals surface area contributed by atoms with Gasteiger partial charge in [-0.3, -0.25) is 15.2 Å². The van der Waals surface area contributed by atoms with Crippen molar-refractivity contribution >= 4 is 35.3 Å². The standard InChI is InChI=1S/C20H18ClN5O4S/c21-13-7-5-12(6-8-13)18-24-20(26-25-18)31-11-17(27)23-19(28)22-9-14-10-29-15-3-1-2-4-16(15)30-14/h1-8,14H,9-11H2,(H,24,25,26)(H2,22,23,27,28)/t14-/m1/s1. The number of rotatable bonds is 6. The van der Waals surface area contributed by atoms with E-state index in [1.54, 1.807) is 18.2 Å². The van der Waals surface area contributed by atoms with Gasteiger partial charge >= 0.3 is 6.03 Å². The monoisotopic (exact) mass is 459 g/mol. The third-order valence-corrected chi connectivity index (χ3v) is 5.32. The van der Waals surface area contributed by atoms with Crippen LogP contribution in [0.2, 0.25) is 5.02 Å². The molecule has 0 unspecified atom stereocenters. The van der Waals surface area contributed by atoms with E-state index in [0.717, 1.165) is 17.3 Å². The second-order valence-electron chi connectivity index (χ2n) is 6.52. The minimum Gasteiger partial charge on any atom is -0.486 e. The average Bonchev–Trinajstić information content (AvgIpc) is 3.26. The first-order valence-corrected chi connectivity index (χ1v) is 10.7. The van der Waals surface area contributed by atoms with Crippen LogP contribution in [0.4, 0.5) is 4.79 Å². The maximum absolute atomic E-state index is 12.0. The van der Waals surface area contributed by atoms with Crippen molar-refractivity contribution in [2.24, 2.45) is 0 Å². The highest BCUT2D eigenvalue weighted by Gasteiger charge is 2.21. The van der Waals surface area contributed by atoms with Crippen molar-refractivity contribution in [1.29, 1.82) is 0 Å². The fourth-order valence-electron chi connectivity index (χ4n) is 2.76. The van der Waals surface area contributed by atoms with Crippen LogP contribution in [0.1, 0.15) is 0 Å². The van der Waals surface area contributed by atoms with Crippen LogP contribution in [-0.4, -0.2) is 52.1 Å². The molecule has 9 nitrogen and oxygen atoms in total. The summed E-state index contributed by atoms with van der Waals surface area (Å²) in [5, 5.41) is 12.8. The van der Waals surface area contributed by atoms with E-state index in [4.69, 9.17) is 21.1 Å². The van der Waals surface area contributed by atoms with E-state index < -0.39 is 11.9 Å². The first kappa shape index (κ1) is 21.0. The number of para-hydroxylation sites is 2. The van der Waals surface area contributed by atoms with Crippen LogP contribution in [0.3, 0.4) is 0 Å². The molecule has 1 atom stereocenters. The Kier molecular flexibility index (Phi) is 6.58. The van der Waals surface area contributed by atoms with Crippen LogP contribution < -0.4 is 20.1 Å². The van der Waals surface area contributed by atoms with E-state index in [0.29, 0.717) is 34.1 Å². The molecule has 0 aliphatic carbocycles. The molecule has 3 aromatic rings. The smallest absolute Gasteiger partial charge is 0.321 e. The van der Waals surface area contributed by atoms with E-state index >= 15 is 0 Å². The van der Waals surface area contributed by atoms with Gasteiger partial charge in [-0.15, -0.1) is 5.10 Å². The molecule has 3 amide bonds. The van der Waals surface area contributed by atoms with E-state index in [2.05, 4.69) is 25.8 Å². The number of aromatic nitrogens is 3. The molecule has 1 aliphatic heterocycles. The molecule has 1 aromatic heterocycles. The lowest BCUT2D eigenvalue weighted by molar-refractivity contribution is -0.117. The van der Waals surface area contributed by atoms with Gasteiger partial charge < -0.3 is 14.8 Å². The highest BCUT2D eigenvalue weighted by Crippen LogP contribution is 2.30. The van der Waals surface area contributed by atoms with Crippen molar-refractivity contribution in [3.05, 3.63) is 53.6 Å². The summed E-state index contributed by atoms with van der Waals surface area (Å²) in [7, 11) is 0. The number of amides is 3. The Balaban J connectivity index is 1.19. The lowest BCUT2D eigenvalue weighted by Gasteiger charge is -2.26. The van der Waals surface area contributed by atoms with Gasteiger partial charge in [-0.1, -0.05) is 35.5 Å². The summed E-state index contributed by atoms with van der Waals surface area (Å²) >= 11 is 6.99. The molecule has 0 spiro atoms. The Bertz CT molecular complexity index is 1080. The third-order valence-electron chi connectivity index (χ3n) is 4.23. The van der Waals surface area contributed by atoms with Crippen molar-refractivity contribution in [2.45, 2.75) is 11.3 Å². The molecule has 11 heteroatoms. The largest absolute Gasteiger partial charge is 0.486 e. The van der Waals surface area contributed by atoms with Gasteiger partial charge in [0.15, 0.2) is 23.4 Å². The normalized spacial score (nSPS) is 14.7. The first-order chi connectivity index (χ1) is 15.1. The zero-order chi connectivity index (χ0) is 21.6. The van der Waals surface area contributed by atoms with E-state index in [9.17, 15) is 9.59 Å². The zero-order valence-corrected chi connectivity index (χ0v) is 17.7. The fraction of sp³-hybridized carbons (Fsp3) is 0.200. The third kappa shape index (κ3) is 5.68. The number of carbonyl (C=O) groups excluding carboxylic acids is 2. The minimum atomic E-state index is -0.607. The SMILES string of the molecule is O=C(CSc1n[nH]c(-c2ccc(Cl)cc2)n1)NC(=O)NC[C@@H]1COc2ccccc2O1. The highest BCUT2D eigenvalue weighted by molar-refractivity contribution is 7.99. The average molecular weight is 460 g/mol. The number of benzene rings is 2. The number of thioether (sulfide) groups is 1. The van der Waals surface area contributed by atoms with Crippen LogP contribution in [0, 0.1) is 0 Å². The number of hydrogen-bond donors (Lipinski definition) is 3. The van der Waals surface area contributed by atoms with Gasteiger partial charge in [0.05, 0.1) is 12.3 Å². The van der Waals surface area contributed by atoms with E-state index in [1.165, 1.54) is 0 Å². The number of fused-ring (bicyclic) bond motifs is 1. The predicted molar refractivity (Wildman–Crippen MR) is 115 cm³/mol. The van der Waals surface area contributed by atoms with Crippen molar-refractivity contribution < 1.29 is 19.1 Å². The lowest BCUT2D eigenvalue weighted by atomic mass is 10.2. The van der Waals surface area contributed by atoms with Gasteiger partial charge in [0, 0.05) is 10.6 Å². The summed E-state index contributed by atoms with van der Waals surface area (Å²) in [6.45, 7) is 0.508. The maximum atomic E-state index is 12.0. The molecular formula is C20H18ClN5O4S. The number of H-pyrrole nitrogens is 1. The fourth-order valence-corrected chi connectivity index (χ4v) is 3.48. The minimum absolute atomic E-state index is 0.0122. The van der Waals surface area contributed by atoms with Crippen LogP contribution in [0.5, 0.6) is 11.5 Å². The van der Waals surface area contributed by atoms with Gasteiger partial charge in [0.2, 0.25) is 11.1 Å². The first-order valence-electron chi connectivity index (χ1n) is 9.34. The number of hydrogen-bond acceptors (Lipinski definition) is 7. The second kappa shape index (κ2) is 9.71. The molecule has 2 heterocycles. The molecule has 4 rings (SSSR count). The number of nitrogens with zero attached hydrogens (tertiary/aromatic N) is 2. The van der Waals surface area contributed by atoms with Gasteiger partial charge in [-0.25, -0.2) is 9.78 Å². The maximum Gasteiger partial charge on any atom is 0.321 e. The summed E-state index contributed by atoms with van der Waals surface area (Å²) in [6.07, 6.45) is -0.343. The number of urea groups is 1. The lowest BCUT2D eigenvalue weighted by Crippen LogP contribution is -2.46. The zero-order valence-electron chi connectivity index (χ0n) is 16.1. The van der Waals surface area contributed by atoms with Gasteiger partial charge in [0.1, 0.15) is 6.61 Å². The summed E-state index contributed by atoms with van der Waals surface area (Å²) < 4.78 is 11.3. The molecule has 0 saturated carbocycles. The summed E-state index contributed by atoms with van der Waals surface area (Å²) in [5.41, 5.74) is 0.823. The van der Waals surface area contributed by atoms with Crippen LogP contribution in [0.25, 0.3) is 11.4 Å². The second-order valence-corrected chi connectivity index (χ2v) is 7.90. The summed E-state index contributed by atoms with van der Waals surface area (Å²) in [6, 6.07) is 13.8. The Morgan fingerprint density at radius 3 is 2.74 bits per heavy atom. The molecule has 0 bridgehead atoms. The number of aromatic amines is 1. The van der Waals surface area contributed by atoms with E-state index in [-0.39, 0.29) is 18.4 Å². The van der Waals surface area contributed by atoms with Crippen LogP contribution in [-0.2, 0) is 4.79 Å². The van der Waals surface area contributed by atoms with Crippen LogP contribution >= 0.6 is 23.4 Å². The molecule has 160 valence electrons. The predicted octanol–water partition coefficient (Wildman–Crippen LogP) is 2.88. The summed E-state index contributed by atoms with van der Waals surface area (Å²) in [4.78, 5) is 28.3. The van der Waals surface area contributed by atoms with Gasteiger partial charge in [-0.05, 0) is 36.4 Å². The molecule has 0 saturated heterocycles. The quantitative estimate of drug-likeness (QED) is 0.485. The molecule has 31 heavy (non-hydrogen) atoms. The van der Waals surface area contributed by atoms with E-state index in [1.807, 2.05) is 30.3 Å². The Hall–Kier alpha value is -3.24. The van der Waals surface area contributed by atoms with Crippen molar-refractivity contribution in [1.82, 2.24) is 25.8 Å². The van der Waals surface area contributed by atoms with Gasteiger partial charge in [0.25, 0.3) is 0 Å². The molecule has 2 aromatic carbocycles. The Morgan fingerprint density at radius 1 is 1.16 bits per heavy atom. The highest BCUT2D eigenvalue weighted by atomic mass is 35.5. The number of ether oxygens (including phenoxy) is 2.